The smallest absolute Gasteiger partial charge is 0.255 e. The summed E-state index contributed by atoms with van der Waals surface area (Å²) in [6, 6.07) is 2.58. The van der Waals surface area contributed by atoms with Crippen LogP contribution < -0.4 is 15.8 Å². The number of carbonyl (C=O) groups is 1. The fourth-order valence-electron chi connectivity index (χ4n) is 2.05. The van der Waals surface area contributed by atoms with Gasteiger partial charge in [-0.15, -0.1) is 23.2 Å². The van der Waals surface area contributed by atoms with Crippen LogP contribution in [0.25, 0.3) is 0 Å². The summed E-state index contributed by atoms with van der Waals surface area (Å²) in [5.41, 5.74) is 5.92. The minimum atomic E-state index is -3.55. The van der Waals surface area contributed by atoms with Crippen molar-refractivity contribution in [1.29, 1.82) is 0 Å². The number of sulfone groups is 1. The topological polar surface area (TPSA) is 98.5 Å². The number of rotatable bonds is 9. The van der Waals surface area contributed by atoms with E-state index in [1.54, 1.807) is 0 Å². The third-order valence-electron chi connectivity index (χ3n) is 3.43. The molecule has 1 amide bonds. The van der Waals surface area contributed by atoms with Gasteiger partial charge in [0.2, 0.25) is 0 Å². The van der Waals surface area contributed by atoms with Crippen LogP contribution in [0.2, 0.25) is 0 Å². The Morgan fingerprint density at radius 1 is 1.42 bits per heavy atom. The van der Waals surface area contributed by atoms with Crippen molar-refractivity contribution in [3.05, 3.63) is 17.7 Å². The molecule has 0 spiro atoms. The summed E-state index contributed by atoms with van der Waals surface area (Å²) in [4.78, 5) is 12.3. The molecule has 0 aliphatic rings. The van der Waals surface area contributed by atoms with E-state index >= 15 is 0 Å². The standard InChI is InChI=1S/C15H22Cl2N2O4S/c1-3-24(21,22)14-7-11(13(23-2)8-12(14)18)15(20)19-9-10(17)5-4-6-16/h7-8,10H,3-6,9,18H2,1-2H3,(H,19,20)/t10-/m0/s1. The highest BCUT2D eigenvalue weighted by atomic mass is 35.5. The van der Waals surface area contributed by atoms with Gasteiger partial charge >= 0.3 is 0 Å². The summed E-state index contributed by atoms with van der Waals surface area (Å²) < 4.78 is 29.3. The first kappa shape index (κ1) is 20.9. The molecular weight excluding hydrogens is 375 g/mol. The number of carbonyl (C=O) groups excluding carboxylic acids is 1. The number of halogens is 2. The highest BCUT2D eigenvalue weighted by Crippen LogP contribution is 2.29. The van der Waals surface area contributed by atoms with Crippen LogP contribution in [0.15, 0.2) is 17.0 Å². The number of amides is 1. The maximum atomic E-state index is 12.4. The van der Waals surface area contributed by atoms with Crippen LogP contribution >= 0.6 is 23.2 Å². The van der Waals surface area contributed by atoms with Gasteiger partial charge in [0, 0.05) is 18.5 Å². The minimum Gasteiger partial charge on any atom is -0.496 e. The maximum Gasteiger partial charge on any atom is 0.255 e. The Labute approximate surface area is 152 Å². The molecule has 0 heterocycles. The van der Waals surface area contributed by atoms with Gasteiger partial charge in [-0.25, -0.2) is 8.42 Å². The van der Waals surface area contributed by atoms with Gasteiger partial charge in [-0.05, 0) is 18.9 Å². The average Bonchev–Trinajstić information content (AvgIpc) is 2.57. The van der Waals surface area contributed by atoms with Crippen LogP contribution in [0, 0.1) is 0 Å². The molecule has 1 aromatic carbocycles. The zero-order chi connectivity index (χ0) is 18.3. The summed E-state index contributed by atoms with van der Waals surface area (Å²) in [6.45, 7) is 1.74. The second-order valence-electron chi connectivity index (χ2n) is 5.13. The van der Waals surface area contributed by atoms with Gasteiger partial charge in [-0.1, -0.05) is 6.92 Å². The largest absolute Gasteiger partial charge is 0.496 e. The molecule has 136 valence electrons. The number of nitrogens with one attached hydrogen (secondary N) is 1. The molecule has 1 atom stereocenters. The molecule has 0 aliphatic carbocycles. The summed E-state index contributed by atoms with van der Waals surface area (Å²) in [7, 11) is -2.18. The van der Waals surface area contributed by atoms with Crippen LogP contribution in [0.1, 0.15) is 30.1 Å². The zero-order valence-electron chi connectivity index (χ0n) is 13.6. The molecule has 0 fully saturated rings. The van der Waals surface area contributed by atoms with Gasteiger partial charge in [0.25, 0.3) is 5.91 Å². The number of alkyl halides is 2. The van der Waals surface area contributed by atoms with Crippen LogP contribution in [0.5, 0.6) is 5.75 Å². The molecule has 0 unspecified atom stereocenters. The number of anilines is 1. The van der Waals surface area contributed by atoms with E-state index in [0.29, 0.717) is 12.3 Å². The lowest BCUT2D eigenvalue weighted by Gasteiger charge is -2.15. The van der Waals surface area contributed by atoms with E-state index in [1.165, 1.54) is 26.2 Å². The van der Waals surface area contributed by atoms with Gasteiger partial charge in [0.05, 0.1) is 34.4 Å². The van der Waals surface area contributed by atoms with Crippen molar-refractivity contribution in [2.24, 2.45) is 0 Å². The van der Waals surface area contributed by atoms with Crippen molar-refractivity contribution in [2.75, 3.05) is 31.0 Å². The normalized spacial score (nSPS) is 12.7. The predicted octanol–water partition coefficient (Wildman–Crippen LogP) is 2.43. The van der Waals surface area contributed by atoms with Gasteiger partial charge in [0.15, 0.2) is 9.84 Å². The van der Waals surface area contributed by atoms with Crippen molar-refractivity contribution in [1.82, 2.24) is 5.32 Å². The molecule has 6 nitrogen and oxygen atoms in total. The van der Waals surface area contributed by atoms with E-state index in [0.717, 1.165) is 6.42 Å². The molecular formula is C15H22Cl2N2O4S. The molecule has 3 N–H and O–H groups in total. The molecule has 24 heavy (non-hydrogen) atoms. The third-order valence-corrected chi connectivity index (χ3v) is 5.85. The van der Waals surface area contributed by atoms with Crippen LogP contribution in [-0.2, 0) is 9.84 Å². The zero-order valence-corrected chi connectivity index (χ0v) is 16.0. The first-order valence-corrected chi connectivity index (χ1v) is 10.1. The molecule has 0 aliphatic heterocycles. The first-order chi connectivity index (χ1) is 11.3. The molecule has 0 radical (unpaired) electrons. The summed E-state index contributed by atoms with van der Waals surface area (Å²) in [5.74, 6) is 0.108. The van der Waals surface area contributed by atoms with Crippen molar-refractivity contribution in [3.8, 4) is 5.75 Å². The molecule has 0 saturated heterocycles. The molecule has 1 aromatic rings. The average molecular weight is 397 g/mol. The Kier molecular flexibility index (Phi) is 8.12. The predicted molar refractivity (Wildman–Crippen MR) is 97.1 cm³/mol. The monoisotopic (exact) mass is 396 g/mol. The van der Waals surface area contributed by atoms with Crippen LogP contribution in [0.4, 0.5) is 5.69 Å². The lowest BCUT2D eigenvalue weighted by atomic mass is 10.1. The van der Waals surface area contributed by atoms with E-state index < -0.39 is 15.7 Å². The number of methoxy groups -OCH3 is 1. The second kappa shape index (κ2) is 9.34. The Hall–Kier alpha value is -1.18. The highest BCUT2D eigenvalue weighted by molar-refractivity contribution is 7.91. The summed E-state index contributed by atoms with van der Waals surface area (Å²) in [6.07, 6.45) is 1.41. The second-order valence-corrected chi connectivity index (χ2v) is 8.37. The van der Waals surface area contributed by atoms with Gasteiger partial charge in [-0.2, -0.15) is 0 Å². The van der Waals surface area contributed by atoms with Crippen LogP contribution in [0.3, 0.4) is 0 Å². The molecule has 0 bridgehead atoms. The highest BCUT2D eigenvalue weighted by Gasteiger charge is 2.22. The SMILES string of the molecule is CCS(=O)(=O)c1cc(C(=O)NC[C@@H](Cl)CCCCl)c(OC)cc1N. The van der Waals surface area contributed by atoms with E-state index in [1.807, 2.05) is 0 Å². The molecule has 1 rings (SSSR count). The Bertz CT molecular complexity index is 680. The van der Waals surface area contributed by atoms with Gasteiger partial charge in [0.1, 0.15) is 5.75 Å². The minimum absolute atomic E-state index is 0.0441. The Balaban J connectivity index is 3.04. The fraction of sp³-hybridized carbons (Fsp3) is 0.533. The Morgan fingerprint density at radius 3 is 2.62 bits per heavy atom. The Morgan fingerprint density at radius 2 is 2.08 bits per heavy atom. The van der Waals surface area contributed by atoms with E-state index in [-0.39, 0.29) is 39.6 Å². The van der Waals surface area contributed by atoms with E-state index in [9.17, 15) is 13.2 Å². The third kappa shape index (κ3) is 5.43. The van der Waals surface area contributed by atoms with Crippen molar-refractivity contribution < 1.29 is 17.9 Å². The van der Waals surface area contributed by atoms with E-state index in [2.05, 4.69) is 5.32 Å². The van der Waals surface area contributed by atoms with Gasteiger partial charge in [-0.3, -0.25) is 4.79 Å². The lowest BCUT2D eigenvalue weighted by Crippen LogP contribution is -2.30. The number of benzene rings is 1. The lowest BCUT2D eigenvalue weighted by molar-refractivity contribution is 0.0950. The maximum absolute atomic E-state index is 12.4. The number of hydrogen-bond acceptors (Lipinski definition) is 5. The van der Waals surface area contributed by atoms with Crippen molar-refractivity contribution >= 4 is 44.6 Å². The molecule has 0 aromatic heterocycles. The van der Waals surface area contributed by atoms with E-state index in [4.69, 9.17) is 33.7 Å². The number of nitrogens with two attached hydrogens (primary N) is 1. The summed E-state index contributed by atoms with van der Waals surface area (Å²) >= 11 is 11.7. The quantitative estimate of drug-likeness (QED) is 0.493. The number of nitrogen functional groups attached to an aromatic ring is 1. The van der Waals surface area contributed by atoms with Gasteiger partial charge < -0.3 is 15.8 Å². The number of hydrogen-bond donors (Lipinski definition) is 2. The summed E-state index contributed by atoms with van der Waals surface area (Å²) in [5, 5.41) is 2.41. The molecule has 9 heteroatoms. The van der Waals surface area contributed by atoms with Crippen LogP contribution in [-0.4, -0.2) is 45.0 Å². The van der Waals surface area contributed by atoms with Crippen molar-refractivity contribution in [2.45, 2.75) is 30.0 Å². The number of ether oxygens (including phenoxy) is 1. The van der Waals surface area contributed by atoms with Crippen molar-refractivity contribution in [3.63, 3.8) is 0 Å². The first-order valence-electron chi connectivity index (χ1n) is 7.45. The fourth-order valence-corrected chi connectivity index (χ4v) is 3.46. The molecule has 0 saturated carbocycles.